The molecule has 1 atom stereocenters. The van der Waals surface area contributed by atoms with Gasteiger partial charge in [0.25, 0.3) is 0 Å². The maximum atomic E-state index is 13.8. The Hall–Kier alpha value is -4.18. The van der Waals surface area contributed by atoms with Crippen molar-refractivity contribution in [3.63, 3.8) is 0 Å². The lowest BCUT2D eigenvalue weighted by atomic mass is 10.2. The number of halogens is 1. The molecule has 9 nitrogen and oxygen atoms in total. The van der Waals surface area contributed by atoms with Crippen LogP contribution in [0.2, 0.25) is 0 Å². The molecule has 2 N–H and O–H groups in total. The van der Waals surface area contributed by atoms with Crippen LogP contribution in [-0.4, -0.2) is 35.5 Å². The lowest BCUT2D eigenvalue weighted by Gasteiger charge is -2.14. The summed E-state index contributed by atoms with van der Waals surface area (Å²) >= 11 is 0. The average Bonchev–Trinajstić information content (AvgIpc) is 2.75. The molecule has 0 aliphatic heterocycles. The van der Waals surface area contributed by atoms with Crippen LogP contribution in [0.1, 0.15) is 10.6 Å². The van der Waals surface area contributed by atoms with Crippen molar-refractivity contribution < 1.29 is 37.7 Å². The number of aromatic carboxylic acids is 1. The number of aliphatic hydroxyl groups is 1. The molecule has 0 spiro atoms. The molecule has 2 aromatic heterocycles. The summed E-state index contributed by atoms with van der Waals surface area (Å²) in [6, 6.07) is 8.26. The van der Waals surface area contributed by atoms with Gasteiger partial charge in [-0.1, -0.05) is 0 Å². The van der Waals surface area contributed by atoms with E-state index in [1.54, 1.807) is 0 Å². The second-order valence-electron chi connectivity index (χ2n) is 6.78. The third-order valence-electron chi connectivity index (χ3n) is 4.47. The maximum Gasteiger partial charge on any atom is 0.371 e. The zero-order valence-corrected chi connectivity index (χ0v) is 16.2. The van der Waals surface area contributed by atoms with Gasteiger partial charge in [0.05, 0.1) is 11.6 Å². The molecule has 0 bridgehead atoms. The van der Waals surface area contributed by atoms with Crippen molar-refractivity contribution in [2.24, 2.45) is 0 Å². The molecule has 0 aliphatic rings. The van der Waals surface area contributed by atoms with Gasteiger partial charge in [0.1, 0.15) is 53.2 Å². The van der Waals surface area contributed by atoms with E-state index in [0.29, 0.717) is 0 Å². The summed E-state index contributed by atoms with van der Waals surface area (Å²) in [5.74, 6) is -2.37. The smallest absolute Gasteiger partial charge is 0.371 e. The fraction of sp³-hybridized carbons (Fsp3) is 0.136. The molecule has 164 valence electrons. The van der Waals surface area contributed by atoms with Crippen LogP contribution in [0, 0.1) is 5.82 Å². The highest BCUT2D eigenvalue weighted by Crippen LogP contribution is 2.25. The van der Waals surface area contributed by atoms with E-state index in [0.717, 1.165) is 24.5 Å². The van der Waals surface area contributed by atoms with Gasteiger partial charge in [0.15, 0.2) is 10.9 Å². The van der Waals surface area contributed by atoms with Crippen LogP contribution in [0.3, 0.4) is 0 Å². The van der Waals surface area contributed by atoms with Crippen LogP contribution < -0.4 is 20.3 Å². The van der Waals surface area contributed by atoms with Gasteiger partial charge >= 0.3 is 5.97 Å². The standard InChI is InChI=1S/C22H15FO9/c23-11-5-18-21(15(25)3-4-29-18)19(6-11)31-10-12(24)9-30-13-1-2-17-14(7-13)16(26)8-20(32-17)22(27)28/h1-8,12,24H,9-10H2,(H,27,28)/i23-1. The molecule has 4 aromatic rings. The van der Waals surface area contributed by atoms with E-state index in [9.17, 15) is 23.9 Å². The predicted molar refractivity (Wildman–Crippen MR) is 109 cm³/mol. The quantitative estimate of drug-likeness (QED) is 0.443. The molecule has 4 rings (SSSR count). The number of carboxylic acid groups (broad SMARTS) is 1. The summed E-state index contributed by atoms with van der Waals surface area (Å²) < 4.78 is 34.9. The third kappa shape index (κ3) is 4.30. The number of fused-ring (bicyclic) bond motifs is 2. The first-order valence-corrected chi connectivity index (χ1v) is 9.28. The van der Waals surface area contributed by atoms with Gasteiger partial charge < -0.3 is 28.5 Å². The van der Waals surface area contributed by atoms with E-state index in [4.69, 9.17) is 23.4 Å². The zero-order valence-electron chi connectivity index (χ0n) is 16.2. The highest BCUT2D eigenvalue weighted by atomic mass is 18.2. The number of benzene rings is 2. The fourth-order valence-corrected chi connectivity index (χ4v) is 3.02. The number of rotatable bonds is 7. The third-order valence-corrected chi connectivity index (χ3v) is 4.47. The molecule has 2 heterocycles. The summed E-state index contributed by atoms with van der Waals surface area (Å²) in [6.07, 6.45) is -0.0194. The molecule has 10 heteroatoms. The summed E-state index contributed by atoms with van der Waals surface area (Å²) in [5.41, 5.74) is -0.898. The van der Waals surface area contributed by atoms with E-state index >= 15 is 0 Å². The molecule has 0 aliphatic carbocycles. The number of ether oxygens (including phenoxy) is 2. The van der Waals surface area contributed by atoms with Crippen molar-refractivity contribution >= 4 is 27.9 Å². The monoisotopic (exact) mass is 441 g/mol. The normalized spacial score (nSPS) is 12.1. The largest absolute Gasteiger partial charge is 0.491 e. The Bertz CT molecular complexity index is 1440. The Balaban J connectivity index is 1.45. The SMILES string of the molecule is O=C(O)c1cc(=O)c2cc(OCC(O)COc3cc([18F])cc4occc(=O)c34)ccc2o1. The van der Waals surface area contributed by atoms with Gasteiger partial charge in [-0.25, -0.2) is 9.18 Å². The molecule has 0 saturated heterocycles. The van der Waals surface area contributed by atoms with Crippen molar-refractivity contribution in [3.8, 4) is 11.5 Å². The minimum absolute atomic E-state index is 0.0132. The molecule has 0 radical (unpaired) electrons. The number of hydrogen-bond donors (Lipinski definition) is 2. The second-order valence-corrected chi connectivity index (χ2v) is 6.78. The summed E-state index contributed by atoms with van der Waals surface area (Å²) in [5, 5.41) is 19.3. The van der Waals surface area contributed by atoms with Crippen LogP contribution in [0.5, 0.6) is 11.5 Å². The number of hydrogen-bond acceptors (Lipinski definition) is 8. The van der Waals surface area contributed by atoms with E-state index in [2.05, 4.69) is 0 Å². The lowest BCUT2D eigenvalue weighted by Crippen LogP contribution is -2.25. The van der Waals surface area contributed by atoms with Crippen LogP contribution in [0.4, 0.5) is 4.39 Å². The van der Waals surface area contributed by atoms with Crippen LogP contribution in [0.15, 0.2) is 67.2 Å². The molecule has 2 aromatic carbocycles. The molecular formula is C22H15FO9. The van der Waals surface area contributed by atoms with Crippen LogP contribution in [-0.2, 0) is 0 Å². The van der Waals surface area contributed by atoms with Crippen molar-refractivity contribution in [1.29, 1.82) is 0 Å². The summed E-state index contributed by atoms with van der Waals surface area (Å²) in [6.45, 7) is -0.559. The Kier molecular flexibility index (Phi) is 5.61. The van der Waals surface area contributed by atoms with E-state index in [-0.39, 0.29) is 46.7 Å². The van der Waals surface area contributed by atoms with E-state index in [1.165, 1.54) is 24.3 Å². The second kappa shape index (κ2) is 8.52. The summed E-state index contributed by atoms with van der Waals surface area (Å²) in [4.78, 5) is 35.1. The number of carbonyl (C=O) groups is 1. The van der Waals surface area contributed by atoms with E-state index in [1.807, 2.05) is 0 Å². The van der Waals surface area contributed by atoms with Gasteiger partial charge in [-0.2, -0.15) is 0 Å². The Labute approximate surface area is 177 Å². The predicted octanol–water partition coefficient (Wildman–Crippen LogP) is 2.56. The van der Waals surface area contributed by atoms with E-state index < -0.39 is 34.5 Å². The highest BCUT2D eigenvalue weighted by Gasteiger charge is 2.15. The lowest BCUT2D eigenvalue weighted by molar-refractivity contribution is 0.0630. The van der Waals surface area contributed by atoms with Gasteiger partial charge in [0, 0.05) is 24.3 Å². The Morgan fingerprint density at radius 2 is 1.78 bits per heavy atom. The van der Waals surface area contributed by atoms with Gasteiger partial charge in [-0.15, -0.1) is 0 Å². The van der Waals surface area contributed by atoms with Crippen molar-refractivity contribution in [2.45, 2.75) is 6.10 Å². The molecule has 0 amide bonds. The Morgan fingerprint density at radius 3 is 2.56 bits per heavy atom. The fourth-order valence-electron chi connectivity index (χ4n) is 3.02. The van der Waals surface area contributed by atoms with Gasteiger partial charge in [0.2, 0.25) is 5.76 Å². The van der Waals surface area contributed by atoms with Crippen molar-refractivity contribution in [2.75, 3.05) is 13.2 Å². The minimum atomic E-state index is -1.36. The van der Waals surface area contributed by atoms with Crippen molar-refractivity contribution in [3.05, 3.63) is 80.8 Å². The molecule has 32 heavy (non-hydrogen) atoms. The maximum absolute atomic E-state index is 13.8. The van der Waals surface area contributed by atoms with Crippen molar-refractivity contribution in [1.82, 2.24) is 0 Å². The zero-order chi connectivity index (χ0) is 22.8. The topological polar surface area (TPSA) is 136 Å². The molecule has 0 saturated carbocycles. The number of carboxylic acids is 1. The minimum Gasteiger partial charge on any atom is -0.491 e. The first kappa shape index (κ1) is 21.1. The van der Waals surface area contributed by atoms with Crippen LogP contribution in [0.25, 0.3) is 21.9 Å². The summed E-state index contributed by atoms with van der Waals surface area (Å²) in [7, 11) is 0. The average molecular weight is 441 g/mol. The number of aliphatic hydroxyl groups excluding tert-OH is 1. The molecule has 1 unspecified atom stereocenters. The highest BCUT2D eigenvalue weighted by molar-refractivity contribution is 5.87. The Morgan fingerprint density at radius 1 is 1.00 bits per heavy atom. The van der Waals surface area contributed by atoms with Crippen LogP contribution >= 0.6 is 0 Å². The van der Waals surface area contributed by atoms with Gasteiger partial charge in [-0.05, 0) is 18.2 Å². The molecular weight excluding hydrogens is 426 g/mol. The first-order chi connectivity index (χ1) is 15.3. The first-order valence-electron chi connectivity index (χ1n) is 9.28. The van der Waals surface area contributed by atoms with Gasteiger partial charge in [-0.3, -0.25) is 9.59 Å². The molecule has 0 fully saturated rings.